The number of benzene rings is 1. The lowest BCUT2D eigenvalue weighted by Gasteiger charge is -2.11. The number of phenols is 2. The Balaban J connectivity index is 0.000000423. The van der Waals surface area contributed by atoms with Gasteiger partial charge >= 0.3 is 5.97 Å². The maximum absolute atomic E-state index is 11.0. The summed E-state index contributed by atoms with van der Waals surface area (Å²) < 4.78 is 4.94. The molecule has 0 saturated heterocycles. The Morgan fingerprint density at radius 3 is 2.19 bits per heavy atom. The highest BCUT2D eigenvalue weighted by Gasteiger charge is 2.11. The topological polar surface area (TPSA) is 90.6 Å². The molecule has 0 amide bonds. The standard InChI is InChI=1S/C10H15NO2.C6H6O2/c1-4-5-6-9(3)13-10(12)8(2)7-11;7-5-1-2-6(8)4-3-5/h9H,2,4-6H2,1,3H3;1-4,7-8H. The molecule has 0 radical (unpaired) electrons. The number of hydrogen-bond donors (Lipinski definition) is 2. The fraction of sp³-hybridized carbons (Fsp3) is 0.375. The number of rotatable bonds is 5. The average molecular weight is 291 g/mol. The molecule has 2 N–H and O–H groups in total. The first-order valence-corrected chi connectivity index (χ1v) is 6.68. The van der Waals surface area contributed by atoms with Crippen LogP contribution in [0.2, 0.25) is 0 Å². The van der Waals surface area contributed by atoms with Crippen LogP contribution in [0, 0.1) is 11.3 Å². The minimum Gasteiger partial charge on any atom is -0.508 e. The number of ether oxygens (including phenoxy) is 1. The first-order chi connectivity index (χ1) is 9.90. The van der Waals surface area contributed by atoms with Crippen LogP contribution in [0.3, 0.4) is 0 Å². The first-order valence-electron chi connectivity index (χ1n) is 6.68. The summed E-state index contributed by atoms with van der Waals surface area (Å²) in [7, 11) is 0. The third-order valence-electron chi connectivity index (χ3n) is 2.50. The fourth-order valence-corrected chi connectivity index (χ4v) is 1.30. The van der Waals surface area contributed by atoms with E-state index in [0.29, 0.717) is 0 Å². The van der Waals surface area contributed by atoms with Crippen LogP contribution in [0.25, 0.3) is 0 Å². The van der Waals surface area contributed by atoms with Gasteiger partial charge in [-0.1, -0.05) is 26.3 Å². The normalized spacial score (nSPS) is 10.5. The van der Waals surface area contributed by atoms with Crippen LogP contribution in [-0.4, -0.2) is 22.3 Å². The van der Waals surface area contributed by atoms with Gasteiger partial charge in [-0.3, -0.25) is 0 Å². The minimum atomic E-state index is -0.605. The van der Waals surface area contributed by atoms with Crippen molar-refractivity contribution in [3.05, 3.63) is 36.4 Å². The van der Waals surface area contributed by atoms with E-state index in [-0.39, 0.29) is 23.2 Å². The molecule has 0 spiro atoms. The van der Waals surface area contributed by atoms with E-state index in [0.717, 1.165) is 19.3 Å². The second-order valence-electron chi connectivity index (χ2n) is 4.46. The van der Waals surface area contributed by atoms with Crippen molar-refractivity contribution in [2.75, 3.05) is 0 Å². The van der Waals surface area contributed by atoms with E-state index < -0.39 is 5.97 Å². The Bertz CT molecular complexity index is 467. The van der Waals surface area contributed by atoms with Gasteiger partial charge in [-0.2, -0.15) is 5.26 Å². The molecule has 0 bridgehead atoms. The maximum atomic E-state index is 11.0. The lowest BCUT2D eigenvalue weighted by atomic mass is 10.2. The summed E-state index contributed by atoms with van der Waals surface area (Å²) in [5, 5.41) is 25.6. The Kier molecular flexibility index (Phi) is 9.11. The van der Waals surface area contributed by atoms with Gasteiger partial charge in [0, 0.05) is 0 Å². The Labute approximate surface area is 125 Å². The van der Waals surface area contributed by atoms with Crippen molar-refractivity contribution in [3.63, 3.8) is 0 Å². The van der Waals surface area contributed by atoms with Crippen molar-refractivity contribution in [2.45, 2.75) is 39.2 Å². The predicted molar refractivity (Wildman–Crippen MR) is 79.6 cm³/mol. The number of carbonyl (C=O) groups excluding carboxylic acids is 1. The smallest absolute Gasteiger partial charge is 0.348 e. The summed E-state index contributed by atoms with van der Waals surface area (Å²) in [4.78, 5) is 11.0. The summed E-state index contributed by atoms with van der Waals surface area (Å²) in [5.41, 5.74) is -0.136. The highest BCUT2D eigenvalue weighted by molar-refractivity contribution is 5.91. The second-order valence-corrected chi connectivity index (χ2v) is 4.46. The molecule has 1 atom stereocenters. The van der Waals surface area contributed by atoms with Crippen molar-refractivity contribution in [2.24, 2.45) is 0 Å². The molecule has 0 aliphatic rings. The van der Waals surface area contributed by atoms with Gasteiger partial charge in [0.15, 0.2) is 0 Å². The van der Waals surface area contributed by atoms with Crippen LogP contribution < -0.4 is 0 Å². The highest BCUT2D eigenvalue weighted by Crippen LogP contribution is 2.13. The molecule has 1 aromatic rings. The molecule has 0 aliphatic heterocycles. The molecule has 1 unspecified atom stereocenters. The SMILES string of the molecule is C=C(C#N)C(=O)OC(C)CCCC.Oc1ccc(O)cc1. The molecule has 5 heteroatoms. The third kappa shape index (κ3) is 9.11. The summed E-state index contributed by atoms with van der Waals surface area (Å²) in [6, 6.07) is 7.36. The maximum Gasteiger partial charge on any atom is 0.348 e. The molecule has 0 saturated carbocycles. The predicted octanol–water partition coefficient (Wildman–Crippen LogP) is 3.29. The first kappa shape index (κ1) is 18.5. The van der Waals surface area contributed by atoms with Gasteiger partial charge in [-0.15, -0.1) is 0 Å². The van der Waals surface area contributed by atoms with E-state index in [9.17, 15) is 4.79 Å². The van der Waals surface area contributed by atoms with Crippen molar-refractivity contribution >= 4 is 5.97 Å². The van der Waals surface area contributed by atoms with Crippen molar-refractivity contribution in [1.29, 1.82) is 5.26 Å². The lowest BCUT2D eigenvalue weighted by molar-refractivity contribution is -0.143. The summed E-state index contributed by atoms with van der Waals surface area (Å²) >= 11 is 0. The van der Waals surface area contributed by atoms with Gasteiger partial charge in [0.05, 0.1) is 6.10 Å². The Hall–Kier alpha value is -2.48. The molecule has 0 aliphatic carbocycles. The lowest BCUT2D eigenvalue weighted by Crippen LogP contribution is -2.15. The molecule has 21 heavy (non-hydrogen) atoms. The number of unbranched alkanes of at least 4 members (excludes halogenated alkanes) is 1. The average Bonchev–Trinajstić information content (AvgIpc) is 2.47. The van der Waals surface area contributed by atoms with Crippen molar-refractivity contribution in [3.8, 4) is 17.6 Å². The van der Waals surface area contributed by atoms with Gasteiger partial charge in [0.25, 0.3) is 0 Å². The van der Waals surface area contributed by atoms with Gasteiger partial charge in [0.1, 0.15) is 23.1 Å². The monoisotopic (exact) mass is 291 g/mol. The van der Waals surface area contributed by atoms with Crippen molar-refractivity contribution < 1.29 is 19.7 Å². The van der Waals surface area contributed by atoms with Crippen LogP contribution in [0.15, 0.2) is 36.4 Å². The van der Waals surface area contributed by atoms with Gasteiger partial charge in [-0.05, 0) is 37.6 Å². The molecule has 0 fully saturated rings. The van der Waals surface area contributed by atoms with Crippen LogP contribution in [0.5, 0.6) is 11.5 Å². The molecule has 1 rings (SSSR count). The quantitative estimate of drug-likeness (QED) is 0.376. The summed E-state index contributed by atoms with van der Waals surface area (Å²) in [5.74, 6) is -0.267. The zero-order valence-corrected chi connectivity index (χ0v) is 12.4. The molecule has 0 aromatic heterocycles. The van der Waals surface area contributed by atoms with Gasteiger partial charge in [0.2, 0.25) is 0 Å². The molecular formula is C16H21NO4. The van der Waals surface area contributed by atoms with E-state index >= 15 is 0 Å². The molecular weight excluding hydrogens is 270 g/mol. The highest BCUT2D eigenvalue weighted by atomic mass is 16.5. The molecule has 1 aromatic carbocycles. The molecule has 5 nitrogen and oxygen atoms in total. The minimum absolute atomic E-state index is 0.127. The number of nitriles is 1. The fourth-order valence-electron chi connectivity index (χ4n) is 1.30. The van der Waals surface area contributed by atoms with Crippen LogP contribution in [0.1, 0.15) is 33.1 Å². The van der Waals surface area contributed by atoms with Gasteiger partial charge < -0.3 is 14.9 Å². The summed E-state index contributed by atoms with van der Waals surface area (Å²) in [6.07, 6.45) is 2.80. The Morgan fingerprint density at radius 1 is 1.33 bits per heavy atom. The van der Waals surface area contributed by atoms with E-state index in [1.165, 1.54) is 24.3 Å². The van der Waals surface area contributed by atoms with Crippen LogP contribution >= 0.6 is 0 Å². The van der Waals surface area contributed by atoms with Crippen LogP contribution in [0.4, 0.5) is 0 Å². The number of carbonyl (C=O) groups is 1. The number of esters is 1. The third-order valence-corrected chi connectivity index (χ3v) is 2.50. The zero-order valence-electron chi connectivity index (χ0n) is 12.4. The Morgan fingerprint density at radius 2 is 1.81 bits per heavy atom. The summed E-state index contributed by atoms with van der Waals surface area (Å²) in [6.45, 7) is 7.16. The van der Waals surface area contributed by atoms with Crippen molar-refractivity contribution in [1.82, 2.24) is 0 Å². The largest absolute Gasteiger partial charge is 0.508 e. The van der Waals surface area contributed by atoms with E-state index in [1.54, 1.807) is 6.07 Å². The van der Waals surface area contributed by atoms with Gasteiger partial charge in [-0.25, -0.2) is 4.79 Å². The number of hydrogen-bond acceptors (Lipinski definition) is 5. The van der Waals surface area contributed by atoms with E-state index in [1.807, 2.05) is 6.92 Å². The molecule has 114 valence electrons. The number of phenolic OH excluding ortho intramolecular Hbond substituents is 2. The number of nitrogens with zero attached hydrogens (tertiary/aromatic N) is 1. The number of aromatic hydroxyl groups is 2. The van der Waals surface area contributed by atoms with Crippen LogP contribution in [-0.2, 0) is 9.53 Å². The molecule has 0 heterocycles. The van der Waals surface area contributed by atoms with E-state index in [4.69, 9.17) is 20.2 Å². The zero-order chi connectivity index (χ0) is 16.3. The van der Waals surface area contributed by atoms with E-state index in [2.05, 4.69) is 13.5 Å². The second kappa shape index (κ2) is 10.3.